The normalized spacial score (nSPS) is 12.0. The first-order valence-electron chi connectivity index (χ1n) is 12.8. The first-order chi connectivity index (χ1) is 18.8. The van der Waals surface area contributed by atoms with Crippen LogP contribution in [-0.4, -0.2) is 0 Å². The Kier molecular flexibility index (Phi) is 4.47. The van der Waals surface area contributed by atoms with E-state index in [1.807, 2.05) is 24.3 Å². The van der Waals surface area contributed by atoms with Gasteiger partial charge >= 0.3 is 0 Å². The third kappa shape index (κ3) is 3.04. The number of ether oxygens (including phenoxy) is 1. The van der Waals surface area contributed by atoms with E-state index in [9.17, 15) is 4.39 Å². The fraction of sp³-hybridized carbons (Fsp3) is 0. The molecule has 1 heterocycles. The van der Waals surface area contributed by atoms with Gasteiger partial charge in [-0.2, -0.15) is 0 Å². The van der Waals surface area contributed by atoms with E-state index in [2.05, 4.69) is 91.0 Å². The topological polar surface area (TPSA) is 9.23 Å². The molecule has 0 amide bonds. The first-order valence-corrected chi connectivity index (χ1v) is 12.8. The van der Waals surface area contributed by atoms with Gasteiger partial charge < -0.3 is 4.74 Å². The Hall–Kier alpha value is -4.95. The van der Waals surface area contributed by atoms with Gasteiger partial charge in [-0.05, 0) is 85.1 Å². The van der Waals surface area contributed by atoms with Crippen LogP contribution in [0.1, 0.15) is 0 Å². The number of hydrogen-bond acceptors (Lipinski definition) is 1. The minimum absolute atomic E-state index is 0.230. The van der Waals surface area contributed by atoms with Crippen LogP contribution in [0, 0.1) is 5.82 Å². The van der Waals surface area contributed by atoms with Crippen LogP contribution in [0.15, 0.2) is 127 Å². The first kappa shape index (κ1) is 21.2. The predicted molar refractivity (Wildman–Crippen MR) is 155 cm³/mol. The molecule has 0 aromatic heterocycles. The molecule has 0 atom stereocenters. The number of halogens is 1. The van der Waals surface area contributed by atoms with Gasteiger partial charge in [-0.1, -0.05) is 97.1 Å². The largest absolute Gasteiger partial charge is 0.456 e. The zero-order valence-electron chi connectivity index (χ0n) is 20.4. The highest BCUT2D eigenvalue weighted by molar-refractivity contribution is 6.21. The Morgan fingerprint density at radius 3 is 1.68 bits per heavy atom. The fourth-order valence-electron chi connectivity index (χ4n) is 6.09. The van der Waals surface area contributed by atoms with E-state index < -0.39 is 0 Å². The van der Waals surface area contributed by atoms with Gasteiger partial charge in [-0.25, -0.2) is 4.39 Å². The molecule has 178 valence electrons. The molecule has 8 rings (SSSR count). The molecule has 0 N–H and O–H groups in total. The van der Waals surface area contributed by atoms with Crippen LogP contribution < -0.4 is 4.74 Å². The number of fused-ring (bicyclic) bond motifs is 4. The molecular formula is C36H21FO. The SMILES string of the molecule is Fc1ccc(-c2c3ccccc3c(-c3ccc4c(c3)-c3cccc5cccc(c35)O4)c3ccccc23)cc1. The van der Waals surface area contributed by atoms with Gasteiger partial charge in [-0.3, -0.25) is 0 Å². The second-order valence-electron chi connectivity index (χ2n) is 9.82. The molecule has 0 spiro atoms. The van der Waals surface area contributed by atoms with Crippen molar-refractivity contribution in [3.05, 3.63) is 133 Å². The summed E-state index contributed by atoms with van der Waals surface area (Å²) in [6.45, 7) is 0. The lowest BCUT2D eigenvalue weighted by Gasteiger charge is -2.23. The molecule has 0 saturated carbocycles. The molecule has 1 aliphatic heterocycles. The van der Waals surface area contributed by atoms with Crippen LogP contribution in [0.5, 0.6) is 11.5 Å². The van der Waals surface area contributed by atoms with Crippen molar-refractivity contribution >= 4 is 32.3 Å². The summed E-state index contributed by atoms with van der Waals surface area (Å²) < 4.78 is 20.2. The quantitative estimate of drug-likeness (QED) is 0.220. The molecule has 0 unspecified atom stereocenters. The van der Waals surface area contributed by atoms with Gasteiger partial charge in [-0.15, -0.1) is 0 Å². The van der Waals surface area contributed by atoms with Gasteiger partial charge in [0.1, 0.15) is 17.3 Å². The maximum absolute atomic E-state index is 13.8. The van der Waals surface area contributed by atoms with E-state index in [4.69, 9.17) is 4.74 Å². The molecule has 1 aliphatic rings. The summed E-state index contributed by atoms with van der Waals surface area (Å²) in [4.78, 5) is 0. The molecule has 38 heavy (non-hydrogen) atoms. The summed E-state index contributed by atoms with van der Waals surface area (Å²) >= 11 is 0. The Balaban J connectivity index is 1.45. The lowest BCUT2D eigenvalue weighted by molar-refractivity contribution is 0.487. The van der Waals surface area contributed by atoms with Crippen LogP contribution in [0.2, 0.25) is 0 Å². The van der Waals surface area contributed by atoms with E-state index in [0.29, 0.717) is 0 Å². The van der Waals surface area contributed by atoms with Gasteiger partial charge in [0.15, 0.2) is 0 Å². The molecule has 1 nitrogen and oxygen atoms in total. The average molecular weight is 489 g/mol. The highest BCUT2D eigenvalue weighted by Gasteiger charge is 2.22. The average Bonchev–Trinajstić information content (AvgIpc) is 2.97. The van der Waals surface area contributed by atoms with E-state index in [1.165, 1.54) is 39.4 Å². The standard InChI is InChI=1S/C36H21FO/c37-25-18-15-23(16-19-25)34-26-9-1-3-11-28(26)35(29-12-4-2-10-27(29)34)24-17-20-32-31(21-24)30-13-5-7-22-8-6-14-33(38-32)36(22)30/h1-21H. The maximum atomic E-state index is 13.8. The van der Waals surface area contributed by atoms with Crippen LogP contribution in [0.25, 0.3) is 65.7 Å². The fourth-order valence-corrected chi connectivity index (χ4v) is 6.09. The van der Waals surface area contributed by atoms with Crippen molar-refractivity contribution in [1.82, 2.24) is 0 Å². The Labute approximate surface area is 219 Å². The third-order valence-corrected chi connectivity index (χ3v) is 7.71. The summed E-state index contributed by atoms with van der Waals surface area (Å²) in [6, 6.07) is 43.1. The summed E-state index contributed by atoms with van der Waals surface area (Å²) in [5, 5.41) is 6.96. The van der Waals surface area contributed by atoms with Crippen molar-refractivity contribution in [2.24, 2.45) is 0 Å². The van der Waals surface area contributed by atoms with Crippen molar-refractivity contribution in [3.63, 3.8) is 0 Å². The van der Waals surface area contributed by atoms with E-state index >= 15 is 0 Å². The molecule has 0 aliphatic carbocycles. The van der Waals surface area contributed by atoms with Crippen LogP contribution >= 0.6 is 0 Å². The third-order valence-electron chi connectivity index (χ3n) is 7.71. The Bertz CT molecular complexity index is 1990. The molecule has 7 aromatic carbocycles. The smallest absolute Gasteiger partial charge is 0.135 e. The Morgan fingerprint density at radius 1 is 0.447 bits per heavy atom. The van der Waals surface area contributed by atoms with Crippen molar-refractivity contribution in [2.45, 2.75) is 0 Å². The van der Waals surface area contributed by atoms with E-state index in [1.54, 1.807) is 0 Å². The minimum Gasteiger partial charge on any atom is -0.456 e. The molecule has 0 radical (unpaired) electrons. The maximum Gasteiger partial charge on any atom is 0.135 e. The molecule has 0 bridgehead atoms. The molecule has 0 fully saturated rings. The van der Waals surface area contributed by atoms with Crippen molar-refractivity contribution in [3.8, 4) is 44.9 Å². The molecular weight excluding hydrogens is 467 g/mol. The van der Waals surface area contributed by atoms with E-state index in [0.717, 1.165) is 49.9 Å². The molecule has 0 saturated heterocycles. The van der Waals surface area contributed by atoms with E-state index in [-0.39, 0.29) is 5.82 Å². The van der Waals surface area contributed by atoms with Crippen molar-refractivity contribution in [2.75, 3.05) is 0 Å². The summed E-state index contributed by atoms with van der Waals surface area (Å²) in [5.41, 5.74) is 6.76. The second-order valence-corrected chi connectivity index (χ2v) is 9.82. The lowest BCUT2D eigenvalue weighted by atomic mass is 9.85. The van der Waals surface area contributed by atoms with Gasteiger partial charge in [0, 0.05) is 10.9 Å². The molecule has 2 heteroatoms. The van der Waals surface area contributed by atoms with Crippen LogP contribution in [0.3, 0.4) is 0 Å². The summed E-state index contributed by atoms with van der Waals surface area (Å²) in [6.07, 6.45) is 0. The summed E-state index contributed by atoms with van der Waals surface area (Å²) in [7, 11) is 0. The predicted octanol–water partition coefficient (Wildman–Crippen LogP) is 10.4. The number of rotatable bonds is 2. The molecule has 7 aromatic rings. The van der Waals surface area contributed by atoms with Gasteiger partial charge in [0.05, 0.1) is 0 Å². The number of benzene rings is 7. The van der Waals surface area contributed by atoms with Gasteiger partial charge in [0.25, 0.3) is 0 Å². The van der Waals surface area contributed by atoms with Crippen LogP contribution in [0.4, 0.5) is 4.39 Å². The highest BCUT2D eigenvalue weighted by atomic mass is 19.1. The lowest BCUT2D eigenvalue weighted by Crippen LogP contribution is -1.97. The van der Waals surface area contributed by atoms with Crippen molar-refractivity contribution < 1.29 is 9.13 Å². The van der Waals surface area contributed by atoms with Crippen LogP contribution in [-0.2, 0) is 0 Å². The van der Waals surface area contributed by atoms with Crippen molar-refractivity contribution in [1.29, 1.82) is 0 Å². The zero-order chi connectivity index (χ0) is 25.2. The highest BCUT2D eigenvalue weighted by Crippen LogP contribution is 2.49. The zero-order valence-corrected chi connectivity index (χ0v) is 20.4. The van der Waals surface area contributed by atoms with Gasteiger partial charge in [0.2, 0.25) is 0 Å². The Morgan fingerprint density at radius 2 is 1.03 bits per heavy atom. The number of hydrogen-bond donors (Lipinski definition) is 0. The summed E-state index contributed by atoms with van der Waals surface area (Å²) in [5.74, 6) is 1.54. The monoisotopic (exact) mass is 488 g/mol. The minimum atomic E-state index is -0.230. The second kappa shape index (κ2) is 8.03.